The van der Waals surface area contributed by atoms with Crippen LogP contribution in [0.15, 0.2) is 42.7 Å². The van der Waals surface area contributed by atoms with E-state index in [4.69, 9.17) is 28.9 Å². The molecule has 0 aliphatic carbocycles. The number of aromatic nitrogens is 2. The Hall–Kier alpha value is -2.28. The predicted octanol–water partition coefficient (Wildman–Crippen LogP) is 5.12. The molecule has 2 N–H and O–H groups in total. The van der Waals surface area contributed by atoms with Crippen molar-refractivity contribution in [2.24, 2.45) is 11.7 Å². The van der Waals surface area contributed by atoms with E-state index in [2.05, 4.69) is 39.6 Å². The fourth-order valence-electron chi connectivity index (χ4n) is 5.36. The average Bonchev–Trinajstić information content (AvgIpc) is 3.27. The summed E-state index contributed by atoms with van der Waals surface area (Å²) in [6.07, 6.45) is 5.65. The van der Waals surface area contributed by atoms with Gasteiger partial charge in [-0.2, -0.15) is 0 Å². The largest absolute Gasteiger partial charge is 0.371 e. The van der Waals surface area contributed by atoms with Gasteiger partial charge in [0, 0.05) is 53.9 Å². The summed E-state index contributed by atoms with van der Waals surface area (Å²) in [5.74, 6) is 0.389. The average molecular weight is 500 g/mol. The smallest absolute Gasteiger partial charge is 0.225 e. The topological polar surface area (TPSA) is 67.4 Å². The number of nitrogens with two attached hydrogens (primary N) is 1. The number of hydrogen-bond acceptors (Lipinski definition) is 4. The minimum Gasteiger partial charge on any atom is -0.371 e. The lowest BCUT2D eigenvalue weighted by molar-refractivity contribution is -0.137. The molecular formula is C26H31Cl2N5O. The Balaban J connectivity index is 1.31. The quantitative estimate of drug-likeness (QED) is 0.540. The third-order valence-electron chi connectivity index (χ3n) is 7.37. The van der Waals surface area contributed by atoms with Gasteiger partial charge >= 0.3 is 0 Å². The summed E-state index contributed by atoms with van der Waals surface area (Å²) in [5.41, 5.74) is 10.3. The predicted molar refractivity (Wildman–Crippen MR) is 139 cm³/mol. The molecule has 6 nitrogen and oxygen atoms in total. The van der Waals surface area contributed by atoms with E-state index in [1.54, 1.807) is 6.07 Å². The van der Waals surface area contributed by atoms with Crippen molar-refractivity contribution in [2.45, 2.75) is 44.7 Å². The number of likely N-dealkylation sites (tertiary alicyclic amines) is 1. The number of piperidine rings is 2. The molecule has 2 aliphatic rings. The molecule has 180 valence electrons. The Morgan fingerprint density at radius 2 is 1.88 bits per heavy atom. The van der Waals surface area contributed by atoms with Gasteiger partial charge < -0.3 is 20.1 Å². The molecule has 0 bridgehead atoms. The summed E-state index contributed by atoms with van der Waals surface area (Å²) in [5, 5.41) is 1.28. The molecule has 3 heterocycles. The summed E-state index contributed by atoms with van der Waals surface area (Å²) < 4.78 is 2.16. The summed E-state index contributed by atoms with van der Waals surface area (Å²) in [6.45, 7) is 5.41. The van der Waals surface area contributed by atoms with E-state index in [-0.39, 0.29) is 23.9 Å². The zero-order valence-corrected chi connectivity index (χ0v) is 21.0. The molecule has 2 aliphatic heterocycles. The Morgan fingerprint density at radius 1 is 1.09 bits per heavy atom. The van der Waals surface area contributed by atoms with Crippen LogP contribution in [0.2, 0.25) is 10.0 Å². The van der Waals surface area contributed by atoms with Crippen LogP contribution in [0.1, 0.15) is 44.2 Å². The Kier molecular flexibility index (Phi) is 6.74. The zero-order valence-electron chi connectivity index (χ0n) is 19.5. The third kappa shape index (κ3) is 4.64. The second-order valence-corrected chi connectivity index (χ2v) is 10.5. The van der Waals surface area contributed by atoms with Gasteiger partial charge in [-0.25, -0.2) is 4.98 Å². The molecule has 2 fully saturated rings. The number of carbonyl (C=O) groups excluding carboxylic acids is 1. The maximum absolute atomic E-state index is 13.0. The maximum atomic E-state index is 13.0. The maximum Gasteiger partial charge on any atom is 0.225 e. The van der Waals surface area contributed by atoms with Crippen LogP contribution >= 0.6 is 23.2 Å². The van der Waals surface area contributed by atoms with Gasteiger partial charge in [-0.15, -0.1) is 0 Å². The molecule has 8 heteroatoms. The van der Waals surface area contributed by atoms with Crippen molar-refractivity contribution in [3.05, 3.63) is 58.3 Å². The van der Waals surface area contributed by atoms with Crippen LogP contribution in [0.25, 0.3) is 11.0 Å². The van der Waals surface area contributed by atoms with Gasteiger partial charge in [0.15, 0.2) is 0 Å². The third-order valence-corrected chi connectivity index (χ3v) is 7.93. The normalized spacial score (nSPS) is 20.6. The molecule has 2 atom stereocenters. The van der Waals surface area contributed by atoms with Crippen LogP contribution in [0.4, 0.5) is 5.69 Å². The molecule has 0 spiro atoms. The lowest BCUT2D eigenvalue weighted by atomic mass is 9.93. The SMILES string of the molecule is C[C@H](c1ccc(Cl)cc1Cl)n1cnc2ccc(N3CCC(C(=O)N4CCCC(N)C4)CC3)cc21. The number of carbonyl (C=O) groups is 1. The van der Waals surface area contributed by atoms with E-state index < -0.39 is 0 Å². The van der Waals surface area contributed by atoms with Gasteiger partial charge in [0.2, 0.25) is 5.91 Å². The summed E-state index contributed by atoms with van der Waals surface area (Å²) >= 11 is 12.6. The number of imidazole rings is 1. The highest BCUT2D eigenvalue weighted by atomic mass is 35.5. The van der Waals surface area contributed by atoms with E-state index in [0.717, 1.165) is 67.6 Å². The van der Waals surface area contributed by atoms with Crippen molar-refractivity contribution >= 4 is 45.8 Å². The number of anilines is 1. The van der Waals surface area contributed by atoms with E-state index in [0.29, 0.717) is 16.6 Å². The minimum atomic E-state index is 0.0179. The zero-order chi connectivity index (χ0) is 23.8. The molecule has 5 rings (SSSR count). The molecule has 3 aromatic rings. The number of benzene rings is 2. The van der Waals surface area contributed by atoms with E-state index in [9.17, 15) is 4.79 Å². The number of hydrogen-bond donors (Lipinski definition) is 1. The van der Waals surface area contributed by atoms with Crippen LogP contribution in [0.3, 0.4) is 0 Å². The molecule has 1 aromatic heterocycles. The Morgan fingerprint density at radius 3 is 2.62 bits per heavy atom. The fourth-order valence-corrected chi connectivity index (χ4v) is 5.93. The Bertz CT molecular complexity index is 1190. The highest BCUT2D eigenvalue weighted by molar-refractivity contribution is 6.35. The molecule has 2 aromatic carbocycles. The Labute approximate surface area is 210 Å². The van der Waals surface area contributed by atoms with Crippen LogP contribution in [0.5, 0.6) is 0 Å². The monoisotopic (exact) mass is 499 g/mol. The van der Waals surface area contributed by atoms with Crippen molar-refractivity contribution in [2.75, 3.05) is 31.1 Å². The second-order valence-electron chi connectivity index (χ2n) is 9.61. The first-order chi connectivity index (χ1) is 16.4. The number of rotatable bonds is 4. The highest BCUT2D eigenvalue weighted by Crippen LogP contribution is 2.33. The lowest BCUT2D eigenvalue weighted by Crippen LogP contribution is -2.49. The van der Waals surface area contributed by atoms with Gasteiger partial charge in [-0.1, -0.05) is 29.3 Å². The number of fused-ring (bicyclic) bond motifs is 1. The summed E-state index contributed by atoms with van der Waals surface area (Å²) in [7, 11) is 0. The van der Waals surface area contributed by atoms with Crippen molar-refractivity contribution in [1.82, 2.24) is 14.5 Å². The first kappa shape index (κ1) is 23.5. The van der Waals surface area contributed by atoms with Crippen LogP contribution in [-0.4, -0.2) is 52.6 Å². The number of nitrogens with zero attached hydrogens (tertiary/aromatic N) is 4. The molecular weight excluding hydrogens is 469 g/mol. The van der Waals surface area contributed by atoms with Crippen LogP contribution in [-0.2, 0) is 4.79 Å². The van der Waals surface area contributed by atoms with Gasteiger partial charge in [-0.05, 0) is 68.5 Å². The van der Waals surface area contributed by atoms with Crippen molar-refractivity contribution in [3.63, 3.8) is 0 Å². The second kappa shape index (κ2) is 9.76. The number of halogens is 2. The molecule has 0 saturated carbocycles. The summed E-state index contributed by atoms with van der Waals surface area (Å²) in [4.78, 5) is 22.0. The van der Waals surface area contributed by atoms with E-state index in [1.807, 2.05) is 23.4 Å². The first-order valence-corrected chi connectivity index (χ1v) is 12.9. The van der Waals surface area contributed by atoms with E-state index >= 15 is 0 Å². The molecule has 2 saturated heterocycles. The molecule has 0 radical (unpaired) electrons. The van der Waals surface area contributed by atoms with Gasteiger partial charge in [0.25, 0.3) is 0 Å². The van der Waals surface area contributed by atoms with Gasteiger partial charge in [-0.3, -0.25) is 4.79 Å². The van der Waals surface area contributed by atoms with Gasteiger partial charge in [0.05, 0.1) is 23.4 Å². The standard InChI is InChI=1S/C26H31Cl2N5O/c1-17(22-6-4-19(27)13-23(22)28)33-16-30-24-7-5-21(14-25(24)33)31-11-8-18(9-12-31)26(34)32-10-2-3-20(29)15-32/h4-7,13-14,16-18,20H,2-3,8-12,15,29H2,1H3/t17-,20?/m1/s1. The molecule has 1 amide bonds. The van der Waals surface area contributed by atoms with E-state index in [1.165, 1.54) is 0 Å². The van der Waals surface area contributed by atoms with Gasteiger partial charge in [0.1, 0.15) is 0 Å². The van der Waals surface area contributed by atoms with Crippen molar-refractivity contribution in [3.8, 4) is 0 Å². The summed E-state index contributed by atoms with van der Waals surface area (Å²) in [6, 6.07) is 12.2. The minimum absolute atomic E-state index is 0.0179. The fraction of sp³-hybridized carbons (Fsp3) is 0.462. The molecule has 34 heavy (non-hydrogen) atoms. The lowest BCUT2D eigenvalue weighted by Gasteiger charge is -2.37. The number of amides is 1. The van der Waals surface area contributed by atoms with Crippen LogP contribution in [0, 0.1) is 5.92 Å². The highest BCUT2D eigenvalue weighted by Gasteiger charge is 2.31. The van der Waals surface area contributed by atoms with Crippen LogP contribution < -0.4 is 10.6 Å². The van der Waals surface area contributed by atoms with Crippen molar-refractivity contribution in [1.29, 1.82) is 0 Å². The van der Waals surface area contributed by atoms with Crippen molar-refractivity contribution < 1.29 is 4.79 Å². The molecule has 1 unspecified atom stereocenters. The first-order valence-electron chi connectivity index (χ1n) is 12.1.